The molecule has 2 aromatic carbocycles. The van der Waals surface area contributed by atoms with Gasteiger partial charge >= 0.3 is 6.18 Å². The second-order valence-electron chi connectivity index (χ2n) is 8.27. The Labute approximate surface area is 179 Å². The van der Waals surface area contributed by atoms with Crippen LogP contribution < -0.4 is 4.90 Å². The van der Waals surface area contributed by atoms with Crippen LogP contribution in [-0.2, 0) is 15.8 Å². The number of aromatic nitrogens is 1. The smallest absolute Gasteiger partial charge is 0.274 e. The molecule has 3 aromatic rings. The van der Waals surface area contributed by atoms with Crippen LogP contribution in [0.4, 0.5) is 18.3 Å². The molecular weight excluding hydrogens is 425 g/mol. The van der Waals surface area contributed by atoms with Crippen molar-refractivity contribution in [3.63, 3.8) is 0 Å². The molecule has 0 radical (unpaired) electrons. The van der Waals surface area contributed by atoms with Crippen LogP contribution >= 0.6 is 11.3 Å². The molecular formula is C23H15F3N2O2S. The van der Waals surface area contributed by atoms with E-state index in [1.807, 2.05) is 6.07 Å². The van der Waals surface area contributed by atoms with Crippen molar-refractivity contribution in [3.8, 4) is 11.1 Å². The Bertz CT molecular complexity index is 1250. The minimum atomic E-state index is -4.38. The van der Waals surface area contributed by atoms with Crippen LogP contribution in [0.15, 0.2) is 54.6 Å². The van der Waals surface area contributed by atoms with E-state index in [0.717, 1.165) is 28.8 Å². The first-order valence-electron chi connectivity index (χ1n) is 9.95. The van der Waals surface area contributed by atoms with Crippen LogP contribution in [0.1, 0.15) is 12.0 Å². The Hall–Kier alpha value is -3.00. The Morgan fingerprint density at radius 1 is 0.903 bits per heavy atom. The number of amides is 2. The lowest BCUT2D eigenvalue weighted by molar-refractivity contribution is -0.137. The quantitative estimate of drug-likeness (QED) is 0.402. The van der Waals surface area contributed by atoms with E-state index in [2.05, 4.69) is 17.1 Å². The van der Waals surface area contributed by atoms with Gasteiger partial charge in [0.15, 0.2) is 5.13 Å². The third-order valence-corrected chi connectivity index (χ3v) is 7.59. The van der Waals surface area contributed by atoms with Crippen molar-refractivity contribution in [1.82, 2.24) is 4.98 Å². The standard InChI is InChI=1S/C23H15F3N2O2S/c24-23(25,26)15-6-3-11(4-7-15)12-5-8-16-17(10-12)31-22(27-16)28-20(29)18-13-1-2-14(9-13)19(18)21(28)30/h1-8,10,13-14,18-19H,9H2/t13?,14?,18-,19+. The molecule has 1 aliphatic heterocycles. The van der Waals surface area contributed by atoms with E-state index >= 15 is 0 Å². The molecule has 0 N–H and O–H groups in total. The number of halogens is 3. The number of carbonyl (C=O) groups is 2. The summed E-state index contributed by atoms with van der Waals surface area (Å²) in [5.41, 5.74) is 1.34. The maximum Gasteiger partial charge on any atom is 0.416 e. The number of hydrogen-bond acceptors (Lipinski definition) is 4. The molecule has 31 heavy (non-hydrogen) atoms. The second kappa shape index (κ2) is 6.26. The van der Waals surface area contributed by atoms with Gasteiger partial charge in [-0.15, -0.1) is 0 Å². The fourth-order valence-corrected chi connectivity index (χ4v) is 6.15. The number of fused-ring (bicyclic) bond motifs is 6. The molecule has 8 heteroatoms. The molecule has 4 atom stereocenters. The molecule has 6 rings (SSSR count). The molecule has 1 saturated carbocycles. The Kier molecular flexibility index (Phi) is 3.78. The van der Waals surface area contributed by atoms with Gasteiger partial charge in [-0.1, -0.05) is 41.7 Å². The van der Waals surface area contributed by atoms with Gasteiger partial charge in [-0.25, -0.2) is 9.88 Å². The van der Waals surface area contributed by atoms with E-state index in [9.17, 15) is 22.8 Å². The summed E-state index contributed by atoms with van der Waals surface area (Å²) in [6.45, 7) is 0. The lowest BCUT2D eigenvalue weighted by atomic mass is 9.85. The number of rotatable bonds is 2. The number of alkyl halides is 3. The zero-order chi connectivity index (χ0) is 21.5. The minimum Gasteiger partial charge on any atom is -0.274 e. The predicted octanol–water partition coefficient (Wildman–Crippen LogP) is 5.29. The number of thiazole rings is 1. The number of benzene rings is 2. The van der Waals surface area contributed by atoms with E-state index in [4.69, 9.17) is 0 Å². The molecule has 0 spiro atoms. The van der Waals surface area contributed by atoms with Gasteiger partial charge in [-0.3, -0.25) is 9.59 Å². The SMILES string of the molecule is O=C1[C@@H]2C3C=CC(C3)[C@@H]2C(=O)N1c1nc2ccc(-c3ccc(C(F)(F)F)cc3)cc2s1. The summed E-state index contributed by atoms with van der Waals surface area (Å²) < 4.78 is 39.2. The summed E-state index contributed by atoms with van der Waals surface area (Å²) >= 11 is 1.25. The number of carbonyl (C=O) groups excluding carboxylic acids is 2. The summed E-state index contributed by atoms with van der Waals surface area (Å²) in [6, 6.07) is 10.4. The summed E-state index contributed by atoms with van der Waals surface area (Å²) in [6.07, 6.45) is 0.596. The number of imide groups is 1. The van der Waals surface area contributed by atoms with Crippen LogP contribution in [0.5, 0.6) is 0 Å². The molecule has 2 unspecified atom stereocenters. The third kappa shape index (κ3) is 2.70. The van der Waals surface area contributed by atoms with E-state index in [1.165, 1.54) is 28.4 Å². The molecule has 3 aliphatic rings. The lowest BCUT2D eigenvalue weighted by Gasteiger charge is -2.14. The Morgan fingerprint density at radius 2 is 1.52 bits per heavy atom. The molecule has 156 valence electrons. The molecule has 1 aromatic heterocycles. The highest BCUT2D eigenvalue weighted by atomic mass is 32.1. The highest BCUT2D eigenvalue weighted by molar-refractivity contribution is 7.22. The van der Waals surface area contributed by atoms with E-state index in [0.29, 0.717) is 16.2 Å². The first kappa shape index (κ1) is 18.7. The van der Waals surface area contributed by atoms with E-state index in [-0.39, 0.29) is 35.5 Å². The Morgan fingerprint density at radius 3 is 2.13 bits per heavy atom. The van der Waals surface area contributed by atoms with Crippen molar-refractivity contribution < 1.29 is 22.8 Å². The molecule has 2 bridgehead atoms. The van der Waals surface area contributed by atoms with Crippen molar-refractivity contribution in [2.45, 2.75) is 12.6 Å². The van der Waals surface area contributed by atoms with Crippen LogP contribution in [0.3, 0.4) is 0 Å². The molecule has 2 amide bonds. The largest absolute Gasteiger partial charge is 0.416 e. The van der Waals surface area contributed by atoms with E-state index < -0.39 is 11.7 Å². The van der Waals surface area contributed by atoms with Gasteiger partial charge in [0.1, 0.15) is 0 Å². The molecule has 2 aliphatic carbocycles. The molecule has 2 heterocycles. The van der Waals surface area contributed by atoms with Gasteiger partial charge in [0.05, 0.1) is 27.6 Å². The highest BCUT2D eigenvalue weighted by Crippen LogP contribution is 2.53. The average molecular weight is 440 g/mol. The zero-order valence-electron chi connectivity index (χ0n) is 16.0. The van der Waals surface area contributed by atoms with Gasteiger partial charge < -0.3 is 0 Å². The van der Waals surface area contributed by atoms with Gasteiger partial charge in [0.25, 0.3) is 0 Å². The van der Waals surface area contributed by atoms with Crippen molar-refractivity contribution >= 4 is 38.5 Å². The van der Waals surface area contributed by atoms with Gasteiger partial charge in [-0.05, 0) is 53.6 Å². The molecule has 4 nitrogen and oxygen atoms in total. The predicted molar refractivity (Wildman–Crippen MR) is 110 cm³/mol. The van der Waals surface area contributed by atoms with Crippen molar-refractivity contribution in [2.75, 3.05) is 4.90 Å². The van der Waals surface area contributed by atoms with Crippen LogP contribution in [-0.4, -0.2) is 16.8 Å². The first-order chi connectivity index (χ1) is 14.8. The normalized spacial score (nSPS) is 27.0. The summed E-state index contributed by atoms with van der Waals surface area (Å²) in [5.74, 6) is -0.633. The molecule has 1 saturated heterocycles. The summed E-state index contributed by atoms with van der Waals surface area (Å²) in [7, 11) is 0. The Balaban J connectivity index is 1.33. The number of anilines is 1. The fraction of sp³-hybridized carbons (Fsp3) is 0.261. The van der Waals surface area contributed by atoms with Crippen molar-refractivity contribution in [2.24, 2.45) is 23.7 Å². The van der Waals surface area contributed by atoms with Gasteiger partial charge in [0, 0.05) is 0 Å². The van der Waals surface area contributed by atoms with Gasteiger partial charge in [0.2, 0.25) is 11.8 Å². The minimum absolute atomic E-state index is 0.136. The monoisotopic (exact) mass is 440 g/mol. The van der Waals surface area contributed by atoms with Crippen molar-refractivity contribution in [1.29, 1.82) is 0 Å². The lowest BCUT2D eigenvalue weighted by Crippen LogP contribution is -2.32. The summed E-state index contributed by atoms with van der Waals surface area (Å²) in [4.78, 5) is 31.8. The number of allylic oxidation sites excluding steroid dienone is 2. The summed E-state index contributed by atoms with van der Waals surface area (Å²) in [5, 5.41) is 0.364. The molecule has 2 fully saturated rings. The van der Waals surface area contributed by atoms with Crippen LogP contribution in [0.25, 0.3) is 21.3 Å². The maximum atomic E-state index is 13.0. The second-order valence-corrected chi connectivity index (χ2v) is 9.27. The topological polar surface area (TPSA) is 50.3 Å². The fourth-order valence-electron chi connectivity index (χ4n) is 5.13. The van der Waals surface area contributed by atoms with Crippen LogP contribution in [0, 0.1) is 23.7 Å². The first-order valence-corrected chi connectivity index (χ1v) is 10.8. The average Bonchev–Trinajstić information content (AvgIpc) is 3.49. The number of nitrogens with zero attached hydrogens (tertiary/aromatic N) is 2. The van der Waals surface area contributed by atoms with Crippen molar-refractivity contribution in [3.05, 3.63) is 60.2 Å². The number of hydrogen-bond donors (Lipinski definition) is 0. The third-order valence-electron chi connectivity index (χ3n) is 6.58. The van der Waals surface area contributed by atoms with Gasteiger partial charge in [-0.2, -0.15) is 13.2 Å². The zero-order valence-corrected chi connectivity index (χ0v) is 16.8. The highest BCUT2D eigenvalue weighted by Gasteiger charge is 2.60. The maximum absolute atomic E-state index is 13.0. The van der Waals surface area contributed by atoms with Crippen LogP contribution in [0.2, 0.25) is 0 Å². The van der Waals surface area contributed by atoms with E-state index in [1.54, 1.807) is 12.1 Å².